The summed E-state index contributed by atoms with van der Waals surface area (Å²) in [6.07, 6.45) is 10.8. The maximum absolute atomic E-state index is 2.25. The summed E-state index contributed by atoms with van der Waals surface area (Å²) in [5.74, 6) is 0. The zero-order chi connectivity index (χ0) is 13.9. The first kappa shape index (κ1) is 15.5. The maximum Gasteiger partial charge on any atom is 0.216 e. The average Bonchev–Trinajstić information content (AvgIpc) is 2.52. The van der Waals surface area contributed by atoms with E-state index in [1.807, 2.05) is 21.6 Å². The second-order valence-corrected chi connectivity index (χ2v) is 7.28. The molecule has 0 aliphatic heterocycles. The van der Waals surface area contributed by atoms with Crippen LogP contribution in [0.15, 0.2) is 61.2 Å². The van der Waals surface area contributed by atoms with Gasteiger partial charge in [0, 0.05) is 24.3 Å². The van der Waals surface area contributed by atoms with Gasteiger partial charge in [0.25, 0.3) is 0 Å². The molecule has 0 aliphatic carbocycles. The summed E-state index contributed by atoms with van der Waals surface area (Å²) in [7, 11) is 6.48. The molecule has 0 bridgehead atoms. The molecule has 0 unspecified atom stereocenters. The van der Waals surface area contributed by atoms with Crippen LogP contribution in [0.1, 0.15) is 0 Å². The Labute approximate surface area is 130 Å². The van der Waals surface area contributed by atoms with Gasteiger partial charge in [-0.25, -0.2) is 9.13 Å². The number of hydrogen-bond donors (Lipinski definition) is 0. The summed E-state index contributed by atoms with van der Waals surface area (Å²) in [5.41, 5.74) is 2.45. The van der Waals surface area contributed by atoms with Gasteiger partial charge in [0.2, 0.25) is 14.6 Å². The van der Waals surface area contributed by atoms with E-state index in [4.69, 9.17) is 0 Å². The minimum atomic E-state index is 1.12. The Morgan fingerprint density at radius 2 is 1.00 bits per heavy atom. The molecule has 0 aromatic carbocycles. The van der Waals surface area contributed by atoms with Crippen LogP contribution in [0, 0.1) is 0 Å². The standard InChI is InChI=1S/C14H20B2N2S2/c1-3-7-17(8-4-1)11-15-13-19-20-14-16-12-18-9-5-2-6-10-18/h1-10,15-16H,11-14H2/q+2. The van der Waals surface area contributed by atoms with Crippen molar-refractivity contribution in [3.05, 3.63) is 61.2 Å². The predicted octanol–water partition coefficient (Wildman–Crippen LogP) is 1.05. The van der Waals surface area contributed by atoms with E-state index in [0.717, 1.165) is 12.9 Å². The van der Waals surface area contributed by atoms with Crippen LogP contribution >= 0.6 is 21.6 Å². The summed E-state index contributed by atoms with van der Waals surface area (Å²) in [6, 6.07) is 12.5. The molecule has 0 atom stereocenters. The molecular formula is C14H20B2N2S2+2. The van der Waals surface area contributed by atoms with E-state index in [1.54, 1.807) is 0 Å². The van der Waals surface area contributed by atoms with Gasteiger partial charge in [-0.15, -0.1) is 21.6 Å². The van der Waals surface area contributed by atoms with Crippen molar-refractivity contribution in [3.8, 4) is 0 Å². The molecule has 2 aromatic heterocycles. The minimum Gasteiger partial charge on any atom is -0.214 e. The van der Waals surface area contributed by atoms with Gasteiger partial charge < -0.3 is 0 Å². The van der Waals surface area contributed by atoms with Crippen molar-refractivity contribution < 1.29 is 9.13 Å². The molecular weight excluding hydrogens is 282 g/mol. The lowest BCUT2D eigenvalue weighted by molar-refractivity contribution is -0.679. The molecule has 0 amide bonds. The molecule has 2 nitrogen and oxygen atoms in total. The molecule has 2 aromatic rings. The largest absolute Gasteiger partial charge is 0.216 e. The van der Waals surface area contributed by atoms with E-state index >= 15 is 0 Å². The van der Waals surface area contributed by atoms with Gasteiger partial charge in [-0.1, -0.05) is 12.1 Å². The Bertz CT molecular complexity index is 426. The van der Waals surface area contributed by atoms with Crippen molar-refractivity contribution in [1.29, 1.82) is 0 Å². The molecule has 102 valence electrons. The fraction of sp³-hybridized carbons (Fsp3) is 0.286. The fourth-order valence-electron chi connectivity index (χ4n) is 1.90. The van der Waals surface area contributed by atoms with E-state index < -0.39 is 0 Å². The highest BCUT2D eigenvalue weighted by molar-refractivity contribution is 8.77. The van der Waals surface area contributed by atoms with Crippen LogP contribution in [0.4, 0.5) is 0 Å². The van der Waals surface area contributed by atoms with Gasteiger partial charge in [0.15, 0.2) is 24.8 Å². The molecule has 0 radical (unpaired) electrons. The number of rotatable bonds is 9. The lowest BCUT2D eigenvalue weighted by Crippen LogP contribution is -2.36. The van der Waals surface area contributed by atoms with Gasteiger partial charge in [0.1, 0.15) is 12.9 Å². The Balaban J connectivity index is 1.44. The predicted molar refractivity (Wildman–Crippen MR) is 92.5 cm³/mol. The van der Waals surface area contributed by atoms with Gasteiger partial charge in [-0.3, -0.25) is 0 Å². The molecule has 0 fully saturated rings. The monoisotopic (exact) mass is 302 g/mol. The van der Waals surface area contributed by atoms with Crippen molar-refractivity contribution in [3.63, 3.8) is 0 Å². The quantitative estimate of drug-likeness (QED) is 0.296. The Hall–Kier alpha value is -0.870. The van der Waals surface area contributed by atoms with Gasteiger partial charge >= 0.3 is 0 Å². The summed E-state index contributed by atoms with van der Waals surface area (Å²) >= 11 is 0. The van der Waals surface area contributed by atoms with Gasteiger partial charge in [-0.05, 0) is 11.3 Å². The molecule has 0 N–H and O–H groups in total. The normalized spacial score (nSPS) is 10.2. The van der Waals surface area contributed by atoms with Crippen molar-refractivity contribution in [2.24, 2.45) is 0 Å². The zero-order valence-electron chi connectivity index (χ0n) is 11.7. The molecule has 0 saturated heterocycles. The van der Waals surface area contributed by atoms with Gasteiger partial charge in [-0.2, -0.15) is 0 Å². The number of hydrogen-bond acceptors (Lipinski definition) is 2. The van der Waals surface area contributed by atoms with Crippen molar-refractivity contribution in [2.75, 3.05) is 11.3 Å². The topological polar surface area (TPSA) is 7.76 Å². The Morgan fingerprint density at radius 1 is 0.600 bits per heavy atom. The highest BCUT2D eigenvalue weighted by atomic mass is 33.1. The fourth-order valence-corrected chi connectivity index (χ4v) is 4.04. The summed E-state index contributed by atoms with van der Waals surface area (Å²) in [4.78, 5) is 0. The van der Waals surface area contributed by atoms with Crippen LogP contribution in [0.5, 0.6) is 0 Å². The molecule has 2 heterocycles. The van der Waals surface area contributed by atoms with Crippen LogP contribution in [0.25, 0.3) is 0 Å². The molecule has 0 spiro atoms. The van der Waals surface area contributed by atoms with E-state index in [9.17, 15) is 0 Å². The van der Waals surface area contributed by atoms with Crippen molar-refractivity contribution in [2.45, 2.75) is 12.9 Å². The van der Waals surface area contributed by atoms with Crippen LogP contribution in [0.3, 0.4) is 0 Å². The summed E-state index contributed by atoms with van der Waals surface area (Å²) in [6.45, 7) is 0. The number of pyridine rings is 2. The van der Waals surface area contributed by atoms with Crippen molar-refractivity contribution in [1.82, 2.24) is 0 Å². The SMILES string of the molecule is B(CSSCBC[n+]1ccccc1)C[n+]1ccccc1. The smallest absolute Gasteiger partial charge is 0.214 e. The molecule has 0 aliphatic rings. The van der Waals surface area contributed by atoms with E-state index in [0.29, 0.717) is 0 Å². The Kier molecular flexibility index (Phi) is 7.72. The van der Waals surface area contributed by atoms with Crippen LogP contribution < -0.4 is 9.13 Å². The highest BCUT2D eigenvalue weighted by Crippen LogP contribution is 2.18. The first-order valence-corrected chi connectivity index (χ1v) is 9.56. The van der Waals surface area contributed by atoms with Crippen molar-refractivity contribution >= 4 is 36.1 Å². The van der Waals surface area contributed by atoms with E-state index in [2.05, 4.69) is 70.3 Å². The Morgan fingerprint density at radius 3 is 1.40 bits per heavy atom. The van der Waals surface area contributed by atoms with Gasteiger partial charge in [0.05, 0.1) is 0 Å². The van der Waals surface area contributed by atoms with E-state index in [-0.39, 0.29) is 0 Å². The molecule has 6 heteroatoms. The minimum absolute atomic E-state index is 1.12. The first-order chi connectivity index (χ1) is 9.95. The zero-order valence-corrected chi connectivity index (χ0v) is 13.4. The third kappa shape index (κ3) is 6.53. The number of aromatic nitrogens is 2. The van der Waals surface area contributed by atoms with Crippen LogP contribution in [0.2, 0.25) is 0 Å². The molecule has 20 heavy (non-hydrogen) atoms. The van der Waals surface area contributed by atoms with Crippen LogP contribution in [-0.4, -0.2) is 25.9 Å². The second-order valence-electron chi connectivity index (χ2n) is 4.58. The lowest BCUT2D eigenvalue weighted by atomic mass is 9.82. The average molecular weight is 302 g/mol. The highest BCUT2D eigenvalue weighted by Gasteiger charge is 2.03. The lowest BCUT2D eigenvalue weighted by Gasteiger charge is -1.98. The first-order valence-electron chi connectivity index (χ1n) is 7.08. The molecule has 2 rings (SSSR count). The van der Waals surface area contributed by atoms with Crippen LogP contribution in [-0.2, 0) is 12.9 Å². The number of nitrogens with zero attached hydrogens (tertiary/aromatic N) is 2. The third-order valence-corrected chi connectivity index (χ3v) is 5.50. The maximum atomic E-state index is 2.25. The van der Waals surface area contributed by atoms with E-state index in [1.165, 1.54) is 25.9 Å². The molecule has 0 saturated carbocycles. The summed E-state index contributed by atoms with van der Waals surface area (Å²) < 4.78 is 4.49. The third-order valence-electron chi connectivity index (χ3n) is 2.93. The second kappa shape index (κ2) is 9.94. The summed E-state index contributed by atoms with van der Waals surface area (Å²) in [5, 5.41) is 0.